The lowest BCUT2D eigenvalue weighted by atomic mass is 9.92. The van der Waals surface area contributed by atoms with Gasteiger partial charge in [0.25, 0.3) is 0 Å². The third-order valence-corrected chi connectivity index (χ3v) is 4.47. The summed E-state index contributed by atoms with van der Waals surface area (Å²) in [5.74, 6) is 0.690. The summed E-state index contributed by atoms with van der Waals surface area (Å²) in [5.41, 5.74) is 1.41. The van der Waals surface area contributed by atoms with E-state index >= 15 is 0 Å². The summed E-state index contributed by atoms with van der Waals surface area (Å²) in [6.07, 6.45) is 7.11. The minimum atomic E-state index is 0.518. The third kappa shape index (κ3) is 3.41. The van der Waals surface area contributed by atoms with Crippen LogP contribution in [0.3, 0.4) is 0 Å². The first-order valence-electron chi connectivity index (χ1n) is 8.22. The first-order valence-corrected chi connectivity index (χ1v) is 8.22. The van der Waals surface area contributed by atoms with E-state index in [2.05, 4.69) is 47.0 Å². The van der Waals surface area contributed by atoms with Crippen molar-refractivity contribution in [1.29, 1.82) is 0 Å². The number of nitrogens with zero attached hydrogens (tertiary/aromatic N) is 3. The van der Waals surface area contributed by atoms with Crippen LogP contribution in [-0.2, 0) is 6.54 Å². The molecule has 1 fully saturated rings. The summed E-state index contributed by atoms with van der Waals surface area (Å²) in [5, 5.41) is 7.94. The van der Waals surface area contributed by atoms with Gasteiger partial charge in [0.2, 0.25) is 0 Å². The second-order valence-corrected chi connectivity index (χ2v) is 5.87. The van der Waals surface area contributed by atoms with Gasteiger partial charge in [-0.3, -0.25) is 9.58 Å². The molecular weight excluding hydrogens is 248 g/mol. The zero-order valence-corrected chi connectivity index (χ0v) is 13.3. The van der Waals surface area contributed by atoms with Crippen LogP contribution in [0.4, 0.5) is 0 Å². The quantitative estimate of drug-likeness (QED) is 0.868. The molecule has 1 aliphatic heterocycles. The number of aromatic nitrogens is 2. The van der Waals surface area contributed by atoms with Gasteiger partial charge in [0.15, 0.2) is 0 Å². The van der Waals surface area contributed by atoms with Gasteiger partial charge in [-0.2, -0.15) is 5.10 Å². The van der Waals surface area contributed by atoms with E-state index in [4.69, 9.17) is 0 Å². The molecule has 1 aromatic rings. The smallest absolute Gasteiger partial charge is 0.0559 e. The second kappa shape index (κ2) is 7.79. The molecule has 1 saturated heterocycles. The Labute approximate surface area is 123 Å². The van der Waals surface area contributed by atoms with E-state index < -0.39 is 0 Å². The maximum Gasteiger partial charge on any atom is 0.0559 e. The predicted octanol–water partition coefficient (Wildman–Crippen LogP) is 2.68. The van der Waals surface area contributed by atoms with Crippen molar-refractivity contribution in [1.82, 2.24) is 20.0 Å². The fraction of sp³-hybridized carbons (Fsp3) is 0.812. The maximum atomic E-state index is 4.54. The summed E-state index contributed by atoms with van der Waals surface area (Å²) in [4.78, 5) is 2.65. The van der Waals surface area contributed by atoms with Crippen molar-refractivity contribution in [2.75, 3.05) is 26.7 Å². The molecule has 1 N–H and O–H groups in total. The molecule has 0 spiro atoms. The molecular formula is C16H30N4. The van der Waals surface area contributed by atoms with Gasteiger partial charge in [-0.05, 0) is 57.9 Å². The maximum absolute atomic E-state index is 4.54. The van der Waals surface area contributed by atoms with Gasteiger partial charge in [-0.25, -0.2) is 0 Å². The Morgan fingerprint density at radius 2 is 2.20 bits per heavy atom. The molecule has 0 radical (unpaired) electrons. The second-order valence-electron chi connectivity index (χ2n) is 5.87. The van der Waals surface area contributed by atoms with E-state index in [0.717, 1.165) is 26.1 Å². The van der Waals surface area contributed by atoms with Crippen molar-refractivity contribution in [2.24, 2.45) is 5.92 Å². The van der Waals surface area contributed by atoms with Crippen LogP contribution in [0.25, 0.3) is 0 Å². The molecule has 2 atom stereocenters. The fourth-order valence-corrected chi connectivity index (χ4v) is 3.57. The number of hydrogen-bond donors (Lipinski definition) is 1. The fourth-order valence-electron chi connectivity index (χ4n) is 3.57. The van der Waals surface area contributed by atoms with Crippen LogP contribution >= 0.6 is 0 Å². The summed E-state index contributed by atoms with van der Waals surface area (Å²) in [6.45, 7) is 8.98. The highest BCUT2D eigenvalue weighted by Gasteiger charge is 2.31. The van der Waals surface area contributed by atoms with Crippen molar-refractivity contribution in [2.45, 2.75) is 52.1 Å². The normalized spacial score (nSPS) is 24.8. The number of hydrogen-bond acceptors (Lipinski definition) is 3. The summed E-state index contributed by atoms with van der Waals surface area (Å²) in [6, 6.07) is 2.75. The Hall–Kier alpha value is -0.870. The van der Waals surface area contributed by atoms with Crippen LogP contribution in [0.1, 0.15) is 51.3 Å². The molecule has 2 unspecified atom stereocenters. The van der Waals surface area contributed by atoms with Gasteiger partial charge in [0, 0.05) is 12.7 Å². The minimum absolute atomic E-state index is 0.518. The molecule has 0 aromatic carbocycles. The first-order chi connectivity index (χ1) is 9.81. The zero-order chi connectivity index (χ0) is 14.4. The molecule has 1 aliphatic rings. The number of rotatable bonds is 6. The molecule has 2 heterocycles. The van der Waals surface area contributed by atoms with Crippen LogP contribution in [0, 0.1) is 5.92 Å². The summed E-state index contributed by atoms with van der Waals surface area (Å²) < 4.78 is 2.22. The van der Waals surface area contributed by atoms with Gasteiger partial charge in [-0.15, -0.1) is 0 Å². The molecule has 114 valence electrons. The van der Waals surface area contributed by atoms with Crippen molar-refractivity contribution >= 4 is 0 Å². The Morgan fingerprint density at radius 1 is 1.35 bits per heavy atom. The molecule has 4 nitrogen and oxygen atoms in total. The first kappa shape index (κ1) is 15.5. The SMILES string of the molecule is CCCn1nccc1C1C(CNC)CCCCN1CC. The average Bonchev–Trinajstić information content (AvgIpc) is 2.80. The molecule has 0 bridgehead atoms. The van der Waals surface area contributed by atoms with Gasteiger partial charge in [0.1, 0.15) is 0 Å². The third-order valence-electron chi connectivity index (χ3n) is 4.47. The molecule has 1 aromatic heterocycles. The van der Waals surface area contributed by atoms with Gasteiger partial charge < -0.3 is 5.32 Å². The molecule has 0 aliphatic carbocycles. The lowest BCUT2D eigenvalue weighted by Crippen LogP contribution is -2.37. The standard InChI is InChI=1S/C16H30N4/c1-4-11-20-15(9-10-18-20)16-14(13-17-3)8-6-7-12-19(16)5-2/h9-10,14,16-17H,4-8,11-13H2,1-3H3. The molecule has 0 saturated carbocycles. The van der Waals surface area contributed by atoms with Crippen molar-refractivity contribution in [3.8, 4) is 0 Å². The van der Waals surface area contributed by atoms with Gasteiger partial charge >= 0.3 is 0 Å². The Kier molecular flexibility index (Phi) is 6.05. The Morgan fingerprint density at radius 3 is 2.90 bits per heavy atom. The highest BCUT2D eigenvalue weighted by Crippen LogP contribution is 2.34. The topological polar surface area (TPSA) is 33.1 Å². The lowest BCUT2D eigenvalue weighted by Gasteiger charge is -2.34. The van der Waals surface area contributed by atoms with E-state index in [-0.39, 0.29) is 0 Å². The van der Waals surface area contributed by atoms with Gasteiger partial charge in [0.05, 0.1) is 11.7 Å². The van der Waals surface area contributed by atoms with Crippen LogP contribution in [-0.4, -0.2) is 41.4 Å². The van der Waals surface area contributed by atoms with Crippen molar-refractivity contribution < 1.29 is 0 Å². The molecule has 2 rings (SSSR count). The Balaban J connectivity index is 2.30. The van der Waals surface area contributed by atoms with Gasteiger partial charge in [-0.1, -0.05) is 20.3 Å². The highest BCUT2D eigenvalue weighted by molar-refractivity contribution is 5.10. The van der Waals surface area contributed by atoms with E-state index in [9.17, 15) is 0 Å². The van der Waals surface area contributed by atoms with Crippen LogP contribution in [0.15, 0.2) is 12.3 Å². The van der Waals surface area contributed by atoms with E-state index in [1.54, 1.807) is 0 Å². The average molecular weight is 278 g/mol. The Bertz CT molecular complexity index is 388. The number of likely N-dealkylation sites (tertiary alicyclic amines) is 1. The van der Waals surface area contributed by atoms with E-state index in [1.165, 1.54) is 31.5 Å². The van der Waals surface area contributed by atoms with E-state index in [1.807, 2.05) is 6.20 Å². The highest BCUT2D eigenvalue weighted by atomic mass is 15.3. The van der Waals surface area contributed by atoms with E-state index in [0.29, 0.717) is 12.0 Å². The van der Waals surface area contributed by atoms with Crippen molar-refractivity contribution in [3.05, 3.63) is 18.0 Å². The molecule has 4 heteroatoms. The minimum Gasteiger partial charge on any atom is -0.319 e. The van der Waals surface area contributed by atoms with Crippen molar-refractivity contribution in [3.63, 3.8) is 0 Å². The lowest BCUT2D eigenvalue weighted by molar-refractivity contribution is 0.153. The number of nitrogens with one attached hydrogen (secondary N) is 1. The number of aryl methyl sites for hydroxylation is 1. The summed E-state index contributed by atoms with van der Waals surface area (Å²) >= 11 is 0. The van der Waals surface area contributed by atoms with Crippen LogP contribution in [0.2, 0.25) is 0 Å². The summed E-state index contributed by atoms with van der Waals surface area (Å²) in [7, 11) is 2.07. The van der Waals surface area contributed by atoms with Crippen LogP contribution < -0.4 is 5.32 Å². The largest absolute Gasteiger partial charge is 0.319 e. The monoisotopic (exact) mass is 278 g/mol. The van der Waals surface area contributed by atoms with Crippen LogP contribution in [0.5, 0.6) is 0 Å². The molecule has 20 heavy (non-hydrogen) atoms. The predicted molar refractivity (Wildman–Crippen MR) is 83.8 cm³/mol. The zero-order valence-electron chi connectivity index (χ0n) is 13.3. The molecule has 0 amide bonds.